The lowest BCUT2D eigenvalue weighted by Crippen LogP contribution is -2.21. The molecule has 1 aliphatic rings. The van der Waals surface area contributed by atoms with Crippen LogP contribution < -0.4 is 10.5 Å². The number of benzene rings is 1. The molecule has 3 rings (SSSR count). The molecule has 0 spiro atoms. The van der Waals surface area contributed by atoms with Crippen LogP contribution in [-0.4, -0.2) is 30.1 Å². The third-order valence-corrected chi connectivity index (χ3v) is 3.23. The molecular weight excluding hydrogens is 234 g/mol. The summed E-state index contributed by atoms with van der Waals surface area (Å²) in [5.41, 5.74) is 7.46. The highest BCUT2D eigenvalue weighted by Gasteiger charge is 2.16. The Kier molecular flexibility index (Phi) is 3.02. The first-order valence-electron chi connectivity index (χ1n) is 6.06. The average molecular weight is 249 g/mol. The van der Waals surface area contributed by atoms with Crippen LogP contribution in [0.1, 0.15) is 12.8 Å². The van der Waals surface area contributed by atoms with Crippen LogP contribution in [0.25, 0.3) is 11.0 Å². The van der Waals surface area contributed by atoms with Gasteiger partial charge in [0.1, 0.15) is 0 Å². The maximum Gasteiger partial charge on any atom is 0.179 e. The van der Waals surface area contributed by atoms with Crippen LogP contribution in [-0.2, 0) is 4.74 Å². The van der Waals surface area contributed by atoms with Crippen molar-refractivity contribution in [3.8, 4) is 5.75 Å². The second-order valence-corrected chi connectivity index (χ2v) is 4.48. The van der Waals surface area contributed by atoms with E-state index in [4.69, 9.17) is 19.8 Å². The van der Waals surface area contributed by atoms with Gasteiger partial charge < -0.3 is 15.2 Å². The minimum Gasteiger partial charge on any atom is -0.491 e. The zero-order chi connectivity index (χ0) is 12.4. The fourth-order valence-electron chi connectivity index (χ4n) is 2.10. The van der Waals surface area contributed by atoms with Crippen LogP contribution in [0.4, 0.5) is 5.69 Å². The highest BCUT2D eigenvalue weighted by atomic mass is 16.6. The van der Waals surface area contributed by atoms with Gasteiger partial charge in [-0.1, -0.05) is 0 Å². The summed E-state index contributed by atoms with van der Waals surface area (Å²) in [5, 5.41) is 7.59. The van der Waals surface area contributed by atoms with Gasteiger partial charge in [-0.2, -0.15) is 0 Å². The molecule has 0 amide bonds. The summed E-state index contributed by atoms with van der Waals surface area (Å²) in [7, 11) is 0. The smallest absolute Gasteiger partial charge is 0.179 e. The van der Waals surface area contributed by atoms with Crippen LogP contribution in [0.15, 0.2) is 16.8 Å². The van der Waals surface area contributed by atoms with Gasteiger partial charge in [0.05, 0.1) is 12.3 Å². The third kappa shape index (κ3) is 2.11. The fourth-order valence-corrected chi connectivity index (χ4v) is 2.10. The SMILES string of the molecule is Nc1ccc(OCC2CCOCC2)c2nonc12. The molecule has 0 radical (unpaired) electrons. The second-order valence-electron chi connectivity index (χ2n) is 4.48. The number of nitrogens with two attached hydrogens (primary N) is 1. The van der Waals surface area contributed by atoms with Crippen LogP contribution in [0.5, 0.6) is 5.75 Å². The molecule has 1 aromatic carbocycles. The Morgan fingerprint density at radius 3 is 2.83 bits per heavy atom. The monoisotopic (exact) mass is 249 g/mol. The summed E-state index contributed by atoms with van der Waals surface area (Å²) >= 11 is 0. The normalized spacial score (nSPS) is 17.1. The summed E-state index contributed by atoms with van der Waals surface area (Å²) in [6, 6.07) is 3.56. The summed E-state index contributed by atoms with van der Waals surface area (Å²) < 4.78 is 15.8. The van der Waals surface area contributed by atoms with Gasteiger partial charge in [0, 0.05) is 13.2 Å². The molecule has 18 heavy (non-hydrogen) atoms. The maximum atomic E-state index is 5.80. The molecule has 0 unspecified atom stereocenters. The number of anilines is 1. The minimum absolute atomic E-state index is 0.534. The number of ether oxygens (including phenoxy) is 2. The molecule has 0 bridgehead atoms. The number of fused-ring (bicyclic) bond motifs is 1. The van der Waals surface area contributed by atoms with Gasteiger partial charge in [-0.3, -0.25) is 0 Å². The Morgan fingerprint density at radius 1 is 1.22 bits per heavy atom. The first-order valence-corrected chi connectivity index (χ1v) is 6.06. The zero-order valence-electron chi connectivity index (χ0n) is 9.96. The van der Waals surface area contributed by atoms with Crippen molar-refractivity contribution < 1.29 is 14.1 Å². The third-order valence-electron chi connectivity index (χ3n) is 3.23. The molecule has 0 saturated carbocycles. The van der Waals surface area contributed by atoms with E-state index in [2.05, 4.69) is 10.3 Å². The molecule has 2 N–H and O–H groups in total. The summed E-state index contributed by atoms with van der Waals surface area (Å²) in [6.07, 6.45) is 2.07. The van der Waals surface area contributed by atoms with E-state index in [0.29, 0.717) is 35.0 Å². The van der Waals surface area contributed by atoms with E-state index < -0.39 is 0 Å². The van der Waals surface area contributed by atoms with Crippen molar-refractivity contribution in [3.05, 3.63) is 12.1 Å². The van der Waals surface area contributed by atoms with Gasteiger partial charge in [0.2, 0.25) is 0 Å². The molecule has 1 aliphatic heterocycles. The highest BCUT2D eigenvalue weighted by molar-refractivity contribution is 5.90. The molecule has 96 valence electrons. The first-order chi connectivity index (χ1) is 8.84. The van der Waals surface area contributed by atoms with E-state index in [1.807, 2.05) is 0 Å². The van der Waals surface area contributed by atoms with Crippen molar-refractivity contribution in [2.45, 2.75) is 12.8 Å². The van der Waals surface area contributed by atoms with E-state index in [-0.39, 0.29) is 0 Å². The number of aromatic nitrogens is 2. The van der Waals surface area contributed by atoms with Crippen LogP contribution >= 0.6 is 0 Å². The van der Waals surface area contributed by atoms with Crippen molar-refractivity contribution in [2.75, 3.05) is 25.6 Å². The van der Waals surface area contributed by atoms with E-state index in [1.54, 1.807) is 12.1 Å². The quantitative estimate of drug-likeness (QED) is 0.832. The Hall–Kier alpha value is -1.82. The molecule has 6 heteroatoms. The van der Waals surface area contributed by atoms with Gasteiger partial charge in [-0.05, 0) is 41.2 Å². The summed E-state index contributed by atoms with van der Waals surface area (Å²) in [5.74, 6) is 1.21. The van der Waals surface area contributed by atoms with Gasteiger partial charge in [-0.15, -0.1) is 0 Å². The van der Waals surface area contributed by atoms with Crippen molar-refractivity contribution in [1.29, 1.82) is 0 Å². The molecule has 1 fully saturated rings. The molecule has 0 aliphatic carbocycles. The number of hydrogen-bond acceptors (Lipinski definition) is 6. The average Bonchev–Trinajstić information content (AvgIpc) is 2.90. The van der Waals surface area contributed by atoms with E-state index in [1.165, 1.54) is 0 Å². The minimum atomic E-state index is 0.534. The largest absolute Gasteiger partial charge is 0.491 e. The Labute approximate surface area is 104 Å². The van der Waals surface area contributed by atoms with Crippen LogP contribution in [0.2, 0.25) is 0 Å². The van der Waals surface area contributed by atoms with Gasteiger partial charge >= 0.3 is 0 Å². The number of nitrogens with zero attached hydrogens (tertiary/aromatic N) is 2. The lowest BCUT2D eigenvalue weighted by Gasteiger charge is -2.22. The van der Waals surface area contributed by atoms with Gasteiger partial charge in [0.15, 0.2) is 16.8 Å². The molecule has 2 aromatic rings. The Morgan fingerprint density at radius 2 is 2.00 bits per heavy atom. The number of nitrogen functional groups attached to an aromatic ring is 1. The lowest BCUT2D eigenvalue weighted by atomic mass is 10.0. The van der Waals surface area contributed by atoms with Gasteiger partial charge in [-0.25, -0.2) is 4.63 Å². The predicted molar refractivity (Wildman–Crippen MR) is 65.3 cm³/mol. The standard InChI is InChI=1S/C12H15N3O3/c13-9-1-2-10(12-11(9)14-18-15-12)17-7-8-3-5-16-6-4-8/h1-2,8H,3-7,13H2. The van der Waals surface area contributed by atoms with Crippen molar-refractivity contribution in [2.24, 2.45) is 5.92 Å². The Balaban J connectivity index is 1.74. The predicted octanol–water partition coefficient (Wildman–Crippen LogP) is 1.61. The maximum absolute atomic E-state index is 5.80. The summed E-state index contributed by atoms with van der Waals surface area (Å²) in [6.45, 7) is 2.29. The van der Waals surface area contributed by atoms with E-state index in [0.717, 1.165) is 26.1 Å². The topological polar surface area (TPSA) is 83.4 Å². The number of rotatable bonds is 3. The second kappa shape index (κ2) is 4.81. The molecule has 1 aromatic heterocycles. The molecule has 6 nitrogen and oxygen atoms in total. The van der Waals surface area contributed by atoms with Crippen molar-refractivity contribution in [1.82, 2.24) is 10.3 Å². The molecule has 1 saturated heterocycles. The van der Waals surface area contributed by atoms with E-state index >= 15 is 0 Å². The van der Waals surface area contributed by atoms with Crippen molar-refractivity contribution in [3.63, 3.8) is 0 Å². The van der Waals surface area contributed by atoms with Crippen LogP contribution in [0, 0.1) is 5.92 Å². The first kappa shape index (κ1) is 11.3. The Bertz CT molecular complexity index is 534. The molecule has 2 heterocycles. The van der Waals surface area contributed by atoms with Gasteiger partial charge in [0.25, 0.3) is 0 Å². The van der Waals surface area contributed by atoms with Crippen molar-refractivity contribution >= 4 is 16.7 Å². The fraction of sp³-hybridized carbons (Fsp3) is 0.500. The summed E-state index contributed by atoms with van der Waals surface area (Å²) in [4.78, 5) is 0. The molecular formula is C12H15N3O3. The number of hydrogen-bond donors (Lipinski definition) is 1. The molecule has 0 atom stereocenters. The van der Waals surface area contributed by atoms with Crippen LogP contribution in [0.3, 0.4) is 0 Å². The lowest BCUT2D eigenvalue weighted by molar-refractivity contribution is 0.0499. The highest BCUT2D eigenvalue weighted by Crippen LogP contribution is 2.28. The van der Waals surface area contributed by atoms with E-state index in [9.17, 15) is 0 Å². The zero-order valence-corrected chi connectivity index (χ0v) is 9.96.